The Morgan fingerprint density at radius 1 is 1.26 bits per heavy atom. The van der Waals surface area contributed by atoms with Crippen molar-refractivity contribution in [1.29, 1.82) is 0 Å². The molecule has 4 nitrogen and oxygen atoms in total. The van der Waals surface area contributed by atoms with Gasteiger partial charge >= 0.3 is 5.97 Å². The van der Waals surface area contributed by atoms with Gasteiger partial charge in [-0.05, 0) is 45.4 Å². The molecule has 0 aromatic carbocycles. The Morgan fingerprint density at radius 2 is 1.95 bits per heavy atom. The molecule has 2 saturated carbocycles. The molecule has 110 valence electrons. The lowest BCUT2D eigenvalue weighted by Gasteiger charge is -2.27. The van der Waals surface area contributed by atoms with Gasteiger partial charge in [0.1, 0.15) is 5.54 Å². The van der Waals surface area contributed by atoms with Crippen molar-refractivity contribution in [3.8, 4) is 0 Å². The van der Waals surface area contributed by atoms with E-state index in [4.69, 9.17) is 4.74 Å². The summed E-state index contributed by atoms with van der Waals surface area (Å²) in [6.07, 6.45) is 10.4. The summed E-state index contributed by atoms with van der Waals surface area (Å²) in [6, 6.07) is 0.417. The van der Waals surface area contributed by atoms with E-state index in [1.165, 1.54) is 32.1 Å². The predicted molar refractivity (Wildman–Crippen MR) is 74.3 cm³/mol. The molecule has 0 amide bonds. The first-order chi connectivity index (χ1) is 9.10. The van der Waals surface area contributed by atoms with Gasteiger partial charge in [0.05, 0.1) is 6.10 Å². The quantitative estimate of drug-likeness (QED) is 0.665. The molecule has 0 bridgehead atoms. The number of carbonyl (C=O) groups is 1. The second-order valence-corrected chi connectivity index (χ2v) is 6.29. The Labute approximate surface area is 115 Å². The van der Waals surface area contributed by atoms with Crippen molar-refractivity contribution in [3.05, 3.63) is 0 Å². The van der Waals surface area contributed by atoms with Crippen LogP contribution < -0.4 is 5.32 Å². The summed E-state index contributed by atoms with van der Waals surface area (Å²) in [6.45, 7) is 2.49. The number of hydrogen-bond donors (Lipinski definition) is 2. The Kier molecular flexibility index (Phi) is 5.22. The molecule has 0 saturated heterocycles. The van der Waals surface area contributed by atoms with Crippen LogP contribution in [0.5, 0.6) is 0 Å². The summed E-state index contributed by atoms with van der Waals surface area (Å²) in [7, 11) is 0. The van der Waals surface area contributed by atoms with Crippen LogP contribution in [0.3, 0.4) is 0 Å². The lowest BCUT2D eigenvalue weighted by Crippen LogP contribution is -2.50. The van der Waals surface area contributed by atoms with Gasteiger partial charge < -0.3 is 9.84 Å². The summed E-state index contributed by atoms with van der Waals surface area (Å²) < 4.78 is 5.86. The zero-order valence-electron chi connectivity index (χ0n) is 12.0. The second-order valence-electron chi connectivity index (χ2n) is 6.29. The molecule has 2 aliphatic carbocycles. The Morgan fingerprint density at radius 3 is 2.53 bits per heavy atom. The van der Waals surface area contributed by atoms with Gasteiger partial charge in [0, 0.05) is 12.6 Å². The molecule has 19 heavy (non-hydrogen) atoms. The molecular weight excluding hydrogens is 242 g/mol. The molecule has 2 aliphatic rings. The van der Waals surface area contributed by atoms with Gasteiger partial charge in [-0.15, -0.1) is 0 Å². The van der Waals surface area contributed by atoms with Crippen LogP contribution in [0, 0.1) is 0 Å². The first-order valence-electron chi connectivity index (χ1n) is 7.73. The molecule has 0 radical (unpaired) electrons. The van der Waals surface area contributed by atoms with E-state index in [0.717, 1.165) is 19.3 Å². The number of ether oxygens (including phenoxy) is 1. The number of rotatable bonds is 8. The number of hydrogen-bond acceptors (Lipinski definition) is 3. The maximum Gasteiger partial charge on any atom is 0.323 e. The highest BCUT2D eigenvalue weighted by molar-refractivity contribution is 5.78. The topological polar surface area (TPSA) is 58.6 Å². The van der Waals surface area contributed by atoms with Crippen LogP contribution in [-0.4, -0.2) is 35.4 Å². The maximum atomic E-state index is 11.4. The van der Waals surface area contributed by atoms with Gasteiger partial charge in [0.2, 0.25) is 0 Å². The summed E-state index contributed by atoms with van der Waals surface area (Å²) in [5.74, 6) is -0.739. The zero-order valence-corrected chi connectivity index (χ0v) is 12.0. The molecule has 0 heterocycles. The number of carboxylic acids is 1. The minimum absolute atomic E-state index is 0.417. The highest BCUT2D eigenvalue weighted by atomic mass is 16.5. The molecule has 2 rings (SSSR count). The lowest BCUT2D eigenvalue weighted by atomic mass is 9.95. The van der Waals surface area contributed by atoms with Crippen LogP contribution >= 0.6 is 0 Å². The average Bonchev–Trinajstić information content (AvgIpc) is 3.19. The molecule has 0 aromatic heterocycles. The van der Waals surface area contributed by atoms with E-state index >= 15 is 0 Å². The minimum Gasteiger partial charge on any atom is -0.480 e. The van der Waals surface area contributed by atoms with Crippen LogP contribution in [0.2, 0.25) is 0 Å². The zero-order chi connectivity index (χ0) is 13.7. The van der Waals surface area contributed by atoms with Crippen molar-refractivity contribution in [2.24, 2.45) is 0 Å². The van der Waals surface area contributed by atoms with Crippen LogP contribution in [0.4, 0.5) is 0 Å². The average molecular weight is 269 g/mol. The van der Waals surface area contributed by atoms with Gasteiger partial charge in [-0.25, -0.2) is 0 Å². The normalized spacial score (nSPS) is 24.1. The standard InChI is InChI=1S/C15H27NO3/c1-15(14(17)18,16-12-8-9-12)10-5-11-19-13-6-3-2-4-7-13/h12-13,16H,2-11H2,1H3,(H,17,18). The fraction of sp³-hybridized carbons (Fsp3) is 0.933. The smallest absolute Gasteiger partial charge is 0.323 e. The van der Waals surface area contributed by atoms with E-state index in [-0.39, 0.29) is 0 Å². The van der Waals surface area contributed by atoms with Gasteiger partial charge in [0.25, 0.3) is 0 Å². The van der Waals surface area contributed by atoms with Crippen LogP contribution in [-0.2, 0) is 9.53 Å². The van der Waals surface area contributed by atoms with E-state index < -0.39 is 11.5 Å². The third-order valence-electron chi connectivity index (χ3n) is 4.30. The van der Waals surface area contributed by atoms with Crippen LogP contribution in [0.25, 0.3) is 0 Å². The molecule has 1 atom stereocenters. The largest absolute Gasteiger partial charge is 0.480 e. The number of nitrogens with one attached hydrogen (secondary N) is 1. The third-order valence-corrected chi connectivity index (χ3v) is 4.30. The van der Waals surface area contributed by atoms with Crippen LogP contribution in [0.15, 0.2) is 0 Å². The Hall–Kier alpha value is -0.610. The number of carboxylic acid groups (broad SMARTS) is 1. The summed E-state index contributed by atoms with van der Waals surface area (Å²) >= 11 is 0. The Bertz CT molecular complexity index is 298. The van der Waals surface area contributed by atoms with E-state index in [2.05, 4.69) is 5.32 Å². The highest BCUT2D eigenvalue weighted by Crippen LogP contribution is 2.25. The van der Waals surface area contributed by atoms with Crippen molar-refractivity contribution < 1.29 is 14.6 Å². The molecule has 0 aliphatic heterocycles. The monoisotopic (exact) mass is 269 g/mol. The molecule has 0 spiro atoms. The molecule has 1 unspecified atom stereocenters. The molecule has 4 heteroatoms. The van der Waals surface area contributed by atoms with E-state index in [9.17, 15) is 9.90 Å². The van der Waals surface area contributed by atoms with Gasteiger partial charge in [-0.1, -0.05) is 19.3 Å². The second kappa shape index (κ2) is 6.71. The van der Waals surface area contributed by atoms with Gasteiger partial charge in [0.15, 0.2) is 0 Å². The lowest BCUT2D eigenvalue weighted by molar-refractivity contribution is -0.144. The van der Waals surface area contributed by atoms with Crippen molar-refractivity contribution in [2.45, 2.75) is 82.4 Å². The third kappa shape index (κ3) is 4.77. The number of aliphatic carboxylic acids is 1. The fourth-order valence-corrected chi connectivity index (χ4v) is 2.83. The highest BCUT2D eigenvalue weighted by Gasteiger charge is 2.37. The first-order valence-corrected chi connectivity index (χ1v) is 7.73. The van der Waals surface area contributed by atoms with Crippen LogP contribution in [0.1, 0.15) is 64.7 Å². The van der Waals surface area contributed by atoms with Gasteiger partial charge in [-0.3, -0.25) is 10.1 Å². The molecule has 2 N–H and O–H groups in total. The van der Waals surface area contributed by atoms with E-state index in [1.807, 2.05) is 0 Å². The minimum atomic E-state index is -0.781. The SMILES string of the molecule is CC(CCCOC1CCCCC1)(NC1CC1)C(=O)O. The van der Waals surface area contributed by atoms with Gasteiger partial charge in [-0.2, -0.15) is 0 Å². The summed E-state index contributed by atoms with van der Waals surface area (Å²) in [5, 5.41) is 12.6. The van der Waals surface area contributed by atoms with E-state index in [1.54, 1.807) is 6.92 Å². The fourth-order valence-electron chi connectivity index (χ4n) is 2.83. The van der Waals surface area contributed by atoms with Crippen molar-refractivity contribution >= 4 is 5.97 Å². The van der Waals surface area contributed by atoms with E-state index in [0.29, 0.717) is 25.2 Å². The first kappa shape index (κ1) is 14.8. The summed E-state index contributed by atoms with van der Waals surface area (Å²) in [5.41, 5.74) is -0.781. The summed E-state index contributed by atoms with van der Waals surface area (Å²) in [4.78, 5) is 11.4. The Balaban J connectivity index is 1.65. The molecule has 2 fully saturated rings. The van der Waals surface area contributed by atoms with Crippen molar-refractivity contribution in [3.63, 3.8) is 0 Å². The van der Waals surface area contributed by atoms with Crippen molar-refractivity contribution in [1.82, 2.24) is 5.32 Å². The maximum absolute atomic E-state index is 11.4. The van der Waals surface area contributed by atoms with Crippen molar-refractivity contribution in [2.75, 3.05) is 6.61 Å². The predicted octanol–water partition coefficient (Wildman–Crippen LogP) is 2.71. The molecule has 0 aromatic rings. The molecular formula is C15H27NO3.